The summed E-state index contributed by atoms with van der Waals surface area (Å²) in [6, 6.07) is 19.5. The number of hydrogen-bond acceptors (Lipinski definition) is 3. The second-order valence-corrected chi connectivity index (χ2v) is 8.53. The molecular weight excluding hydrogens is 396 g/mol. The van der Waals surface area contributed by atoms with Crippen LogP contribution in [0.1, 0.15) is 56.2 Å². The summed E-state index contributed by atoms with van der Waals surface area (Å²) in [5.74, 6) is -0.383. The maximum absolute atomic E-state index is 12.0. The van der Waals surface area contributed by atoms with Crippen molar-refractivity contribution in [1.29, 1.82) is 0 Å². The lowest BCUT2D eigenvalue weighted by molar-refractivity contribution is -0.140. The van der Waals surface area contributed by atoms with Crippen molar-refractivity contribution in [2.45, 2.75) is 59.0 Å². The Morgan fingerprint density at radius 1 is 0.906 bits per heavy atom. The summed E-state index contributed by atoms with van der Waals surface area (Å²) in [6.45, 7) is 7.91. The SMILES string of the molecule is C=C(C)C(=O)OCc1cc(CCCO)ccc1-c1ccc2cc(CCCCC)ccc2c1. The smallest absolute Gasteiger partial charge is 0.333 e. The van der Waals surface area contributed by atoms with E-state index in [9.17, 15) is 4.79 Å². The highest BCUT2D eigenvalue weighted by Gasteiger charge is 2.11. The van der Waals surface area contributed by atoms with E-state index in [0.29, 0.717) is 12.0 Å². The van der Waals surface area contributed by atoms with Gasteiger partial charge in [-0.05, 0) is 77.3 Å². The Bertz CT molecular complexity index is 1080. The minimum Gasteiger partial charge on any atom is -0.457 e. The van der Waals surface area contributed by atoms with E-state index in [1.807, 2.05) is 0 Å². The van der Waals surface area contributed by atoms with Gasteiger partial charge in [-0.2, -0.15) is 0 Å². The molecule has 0 aliphatic carbocycles. The van der Waals surface area contributed by atoms with E-state index in [4.69, 9.17) is 9.84 Å². The number of benzene rings is 3. The molecule has 0 bridgehead atoms. The van der Waals surface area contributed by atoms with Crippen LogP contribution < -0.4 is 0 Å². The Kier molecular flexibility index (Phi) is 8.64. The van der Waals surface area contributed by atoms with Crippen LogP contribution in [0.25, 0.3) is 21.9 Å². The molecule has 0 atom stereocenters. The molecule has 0 amide bonds. The first kappa shape index (κ1) is 23.7. The third-order valence-electron chi connectivity index (χ3n) is 5.79. The van der Waals surface area contributed by atoms with E-state index in [0.717, 1.165) is 35.1 Å². The lowest BCUT2D eigenvalue weighted by Crippen LogP contribution is -2.06. The van der Waals surface area contributed by atoms with Crippen molar-refractivity contribution >= 4 is 16.7 Å². The van der Waals surface area contributed by atoms with Crippen molar-refractivity contribution in [3.63, 3.8) is 0 Å². The van der Waals surface area contributed by atoms with Crippen molar-refractivity contribution in [2.24, 2.45) is 0 Å². The van der Waals surface area contributed by atoms with Crippen LogP contribution in [0.15, 0.2) is 66.7 Å². The normalized spacial score (nSPS) is 11.0. The predicted octanol–water partition coefficient (Wildman–Crippen LogP) is 6.78. The number of aliphatic hydroxyl groups is 1. The number of rotatable bonds is 11. The first-order valence-electron chi connectivity index (χ1n) is 11.6. The molecule has 3 aromatic rings. The molecule has 3 aromatic carbocycles. The van der Waals surface area contributed by atoms with Crippen LogP contribution in [0, 0.1) is 0 Å². The summed E-state index contributed by atoms with van der Waals surface area (Å²) >= 11 is 0. The van der Waals surface area contributed by atoms with Gasteiger partial charge in [-0.25, -0.2) is 4.79 Å². The molecule has 32 heavy (non-hydrogen) atoms. The van der Waals surface area contributed by atoms with Crippen LogP contribution in [0.3, 0.4) is 0 Å². The number of hydrogen-bond donors (Lipinski definition) is 1. The first-order chi connectivity index (χ1) is 15.5. The van der Waals surface area contributed by atoms with Crippen LogP contribution in [-0.2, 0) is 29.0 Å². The molecule has 0 saturated heterocycles. The average molecular weight is 431 g/mol. The number of aryl methyl sites for hydroxylation is 2. The van der Waals surface area contributed by atoms with E-state index >= 15 is 0 Å². The van der Waals surface area contributed by atoms with Gasteiger partial charge in [0.2, 0.25) is 0 Å². The molecule has 168 valence electrons. The van der Waals surface area contributed by atoms with Gasteiger partial charge >= 0.3 is 5.97 Å². The van der Waals surface area contributed by atoms with Crippen molar-refractivity contribution in [2.75, 3.05) is 6.61 Å². The number of aliphatic hydroxyl groups excluding tert-OH is 1. The van der Waals surface area contributed by atoms with Crippen LogP contribution >= 0.6 is 0 Å². The summed E-state index contributed by atoms with van der Waals surface area (Å²) < 4.78 is 5.47. The van der Waals surface area contributed by atoms with Crippen LogP contribution in [0.4, 0.5) is 0 Å². The third kappa shape index (κ3) is 6.30. The Hall–Kier alpha value is -2.91. The third-order valence-corrected chi connectivity index (χ3v) is 5.79. The molecule has 0 radical (unpaired) electrons. The highest BCUT2D eigenvalue weighted by Crippen LogP contribution is 2.30. The van der Waals surface area contributed by atoms with Crippen LogP contribution in [0.5, 0.6) is 0 Å². The molecule has 0 aliphatic rings. The maximum Gasteiger partial charge on any atom is 0.333 e. The summed E-state index contributed by atoms with van der Waals surface area (Å²) in [5.41, 5.74) is 6.03. The minimum absolute atomic E-state index is 0.160. The van der Waals surface area contributed by atoms with Gasteiger partial charge in [0.1, 0.15) is 6.61 Å². The molecule has 0 aromatic heterocycles. The molecule has 0 aliphatic heterocycles. The Labute approximate surface area is 191 Å². The van der Waals surface area contributed by atoms with Gasteiger partial charge in [0.25, 0.3) is 0 Å². The summed E-state index contributed by atoms with van der Waals surface area (Å²) in [6.07, 6.45) is 6.36. The van der Waals surface area contributed by atoms with Crippen molar-refractivity contribution < 1.29 is 14.6 Å². The molecule has 0 unspecified atom stereocenters. The molecule has 0 heterocycles. The van der Waals surface area contributed by atoms with Crippen molar-refractivity contribution in [3.05, 3.63) is 83.4 Å². The van der Waals surface area contributed by atoms with Gasteiger partial charge in [0.15, 0.2) is 0 Å². The van der Waals surface area contributed by atoms with Gasteiger partial charge in [-0.3, -0.25) is 0 Å². The van der Waals surface area contributed by atoms with Crippen LogP contribution in [-0.4, -0.2) is 17.7 Å². The summed E-state index contributed by atoms with van der Waals surface area (Å²) in [7, 11) is 0. The predicted molar refractivity (Wildman–Crippen MR) is 133 cm³/mol. The fourth-order valence-corrected chi connectivity index (χ4v) is 3.95. The summed E-state index contributed by atoms with van der Waals surface area (Å²) in [4.78, 5) is 12.0. The van der Waals surface area contributed by atoms with E-state index in [2.05, 4.69) is 68.1 Å². The zero-order valence-corrected chi connectivity index (χ0v) is 19.3. The molecule has 0 spiro atoms. The maximum atomic E-state index is 12.0. The number of carbonyl (C=O) groups is 1. The number of fused-ring (bicyclic) bond motifs is 1. The average Bonchev–Trinajstić information content (AvgIpc) is 2.81. The monoisotopic (exact) mass is 430 g/mol. The van der Waals surface area contributed by atoms with Crippen molar-refractivity contribution in [1.82, 2.24) is 0 Å². The van der Waals surface area contributed by atoms with Gasteiger partial charge in [0.05, 0.1) is 0 Å². The quantitative estimate of drug-likeness (QED) is 0.207. The van der Waals surface area contributed by atoms with Gasteiger partial charge in [-0.15, -0.1) is 0 Å². The van der Waals surface area contributed by atoms with E-state index in [1.54, 1.807) is 6.92 Å². The van der Waals surface area contributed by atoms with Crippen LogP contribution in [0.2, 0.25) is 0 Å². The zero-order valence-electron chi connectivity index (χ0n) is 19.3. The molecule has 0 saturated carbocycles. The highest BCUT2D eigenvalue weighted by molar-refractivity contribution is 5.89. The second kappa shape index (κ2) is 11.6. The molecule has 0 fully saturated rings. The lowest BCUT2D eigenvalue weighted by atomic mass is 9.94. The molecule has 3 rings (SSSR count). The largest absolute Gasteiger partial charge is 0.457 e. The fourth-order valence-electron chi connectivity index (χ4n) is 3.95. The number of unbranched alkanes of at least 4 members (excludes halogenated alkanes) is 2. The summed E-state index contributed by atoms with van der Waals surface area (Å²) in [5, 5.41) is 11.6. The van der Waals surface area contributed by atoms with Gasteiger partial charge in [0, 0.05) is 12.2 Å². The lowest BCUT2D eigenvalue weighted by Gasteiger charge is -2.14. The number of ether oxygens (including phenoxy) is 1. The molecular formula is C29H34O3. The Morgan fingerprint density at radius 2 is 1.59 bits per heavy atom. The minimum atomic E-state index is -0.383. The zero-order chi connectivity index (χ0) is 22.9. The Balaban J connectivity index is 1.90. The molecule has 3 heteroatoms. The highest BCUT2D eigenvalue weighted by atomic mass is 16.5. The van der Waals surface area contributed by atoms with E-state index in [-0.39, 0.29) is 19.2 Å². The van der Waals surface area contributed by atoms with Gasteiger partial charge < -0.3 is 9.84 Å². The molecule has 1 N–H and O–H groups in total. The Morgan fingerprint density at radius 3 is 2.34 bits per heavy atom. The standard InChI is InChI=1S/C29H34O3/c1-4-5-6-8-22-10-12-25-19-26(14-13-24(25)17-22)28-15-11-23(9-7-16-30)18-27(28)20-32-29(31)21(2)3/h10-15,17-19,30H,2,4-9,16,20H2,1,3H3. The van der Waals surface area contributed by atoms with E-state index < -0.39 is 0 Å². The fraction of sp³-hybridized carbons (Fsp3) is 0.345. The first-order valence-corrected chi connectivity index (χ1v) is 11.6. The van der Waals surface area contributed by atoms with Gasteiger partial charge in [-0.1, -0.05) is 74.9 Å². The second-order valence-electron chi connectivity index (χ2n) is 8.53. The van der Waals surface area contributed by atoms with Crippen molar-refractivity contribution in [3.8, 4) is 11.1 Å². The number of esters is 1. The number of carbonyl (C=O) groups excluding carboxylic acids is 1. The topological polar surface area (TPSA) is 46.5 Å². The van der Waals surface area contributed by atoms with E-state index in [1.165, 1.54) is 35.6 Å². The molecule has 3 nitrogen and oxygen atoms in total.